The summed E-state index contributed by atoms with van der Waals surface area (Å²) in [5, 5.41) is 4.01. The highest BCUT2D eigenvalue weighted by Crippen LogP contribution is 2.37. The third kappa shape index (κ3) is 6.42. The summed E-state index contributed by atoms with van der Waals surface area (Å²) in [6, 6.07) is 5.82. The van der Waals surface area contributed by atoms with E-state index >= 15 is 4.39 Å². The van der Waals surface area contributed by atoms with Gasteiger partial charge in [-0.05, 0) is 45.0 Å². The Morgan fingerprint density at radius 2 is 1.98 bits per heavy atom. The molecule has 3 aliphatic rings. The van der Waals surface area contributed by atoms with Gasteiger partial charge in [-0.25, -0.2) is 13.8 Å². The van der Waals surface area contributed by atoms with Gasteiger partial charge in [0, 0.05) is 67.0 Å². The molecular weight excluding hydrogens is 528 g/mol. The third-order valence-electron chi connectivity index (χ3n) is 7.64. The van der Waals surface area contributed by atoms with Crippen molar-refractivity contribution >= 4 is 28.8 Å². The fraction of sp³-hybridized carbons (Fsp3) is 0.406. The lowest BCUT2D eigenvalue weighted by Crippen LogP contribution is -2.43. The minimum atomic E-state index is -1.65. The first-order valence-corrected chi connectivity index (χ1v) is 14.5. The quantitative estimate of drug-likeness (QED) is 0.346. The number of hydrogen-bond acceptors (Lipinski definition) is 5. The number of alkyl halides is 1. The number of likely N-dealkylation sites (N-methyl/N-ethyl adjacent to an activating group) is 1. The molecule has 40 heavy (non-hydrogen) atoms. The van der Waals surface area contributed by atoms with Gasteiger partial charge >= 0.3 is 0 Å². The van der Waals surface area contributed by atoms with Crippen molar-refractivity contribution in [2.45, 2.75) is 46.2 Å². The van der Waals surface area contributed by atoms with Gasteiger partial charge in [0.25, 0.3) is 0 Å². The van der Waals surface area contributed by atoms with E-state index in [2.05, 4.69) is 46.7 Å². The zero-order valence-electron chi connectivity index (χ0n) is 23.9. The molecule has 2 aliphatic heterocycles. The Hall–Kier alpha value is -3.16. The number of unbranched alkanes of at least 4 members (excludes halogenated alkanes) is 1. The van der Waals surface area contributed by atoms with E-state index in [1.54, 1.807) is 30.6 Å². The van der Waals surface area contributed by atoms with Gasteiger partial charge in [-0.3, -0.25) is 0 Å². The van der Waals surface area contributed by atoms with Crippen LogP contribution in [-0.2, 0) is 0 Å². The first-order valence-electron chi connectivity index (χ1n) is 14.1. The van der Waals surface area contributed by atoms with Crippen molar-refractivity contribution in [3.05, 3.63) is 94.9 Å². The number of amidine groups is 1. The summed E-state index contributed by atoms with van der Waals surface area (Å²) in [4.78, 5) is 11.1. The Kier molecular flexibility index (Phi) is 10.0. The number of aliphatic imine (C=N–C) groups is 1. The van der Waals surface area contributed by atoms with Gasteiger partial charge < -0.3 is 20.0 Å². The Bertz CT molecular complexity index is 1280. The van der Waals surface area contributed by atoms with Crippen molar-refractivity contribution in [3.63, 3.8) is 0 Å². The molecule has 2 heterocycles. The number of anilines is 1. The summed E-state index contributed by atoms with van der Waals surface area (Å²) in [7, 11) is 2.12. The predicted octanol–water partition coefficient (Wildman–Crippen LogP) is 7.90. The third-order valence-corrected chi connectivity index (χ3v) is 7.95. The summed E-state index contributed by atoms with van der Waals surface area (Å²) in [5.74, 6) is -0.584. The van der Waals surface area contributed by atoms with Gasteiger partial charge in [0.2, 0.25) is 0 Å². The van der Waals surface area contributed by atoms with E-state index in [4.69, 9.17) is 11.6 Å². The molecule has 5 nitrogen and oxygen atoms in total. The number of nitrogens with one attached hydrogen (secondary N) is 1. The minimum absolute atomic E-state index is 0.253. The van der Waals surface area contributed by atoms with Crippen LogP contribution in [0.2, 0.25) is 5.02 Å². The molecule has 0 saturated carbocycles. The standard InChI is InChI=1S/C32H40ClF2N5/c1-6-9-10-29-32(36-15-16-40(29)28(8-3)26-13-11-23(7-2)30(34)31(26)35)37-24-12-14-25(27(33)21-24)22(4)39-19-17-38(5)18-20-39/h8,10-16,21,23,30H,4,6-7,9,17-20H2,1-3,5H3,(H,36,37)/b28-8-,29-10+. The maximum Gasteiger partial charge on any atom is 0.158 e. The molecule has 1 fully saturated rings. The summed E-state index contributed by atoms with van der Waals surface area (Å²) >= 11 is 6.75. The Morgan fingerprint density at radius 1 is 1.23 bits per heavy atom. The molecule has 0 radical (unpaired) electrons. The maximum atomic E-state index is 15.3. The second-order valence-electron chi connectivity index (χ2n) is 10.3. The molecule has 0 aromatic heterocycles. The van der Waals surface area contributed by atoms with E-state index in [1.807, 2.05) is 36.9 Å². The second kappa shape index (κ2) is 13.5. The van der Waals surface area contributed by atoms with Crippen molar-refractivity contribution in [2.24, 2.45) is 10.9 Å². The lowest BCUT2D eigenvalue weighted by Gasteiger charge is -2.35. The summed E-state index contributed by atoms with van der Waals surface area (Å²) in [6.45, 7) is 13.9. The Labute approximate surface area is 242 Å². The normalized spacial score (nSPS) is 23.2. The first-order chi connectivity index (χ1) is 19.3. The average Bonchev–Trinajstić information content (AvgIpc) is 2.95. The van der Waals surface area contributed by atoms with E-state index < -0.39 is 17.9 Å². The van der Waals surface area contributed by atoms with Gasteiger partial charge in [-0.1, -0.05) is 62.8 Å². The minimum Gasteiger partial charge on any atom is -0.369 e. The highest BCUT2D eigenvalue weighted by molar-refractivity contribution is 6.32. The molecule has 1 aromatic rings. The van der Waals surface area contributed by atoms with Crippen molar-refractivity contribution in [1.29, 1.82) is 0 Å². The van der Waals surface area contributed by atoms with Crippen LogP contribution in [0.4, 0.5) is 14.5 Å². The number of benzene rings is 1. The van der Waals surface area contributed by atoms with E-state index in [-0.39, 0.29) is 5.57 Å². The van der Waals surface area contributed by atoms with E-state index in [0.717, 1.165) is 61.7 Å². The zero-order chi connectivity index (χ0) is 28.8. The number of allylic oxidation sites excluding steroid dienone is 5. The largest absolute Gasteiger partial charge is 0.369 e. The van der Waals surface area contributed by atoms with Crippen LogP contribution < -0.4 is 5.32 Å². The molecule has 1 saturated heterocycles. The number of rotatable bonds is 8. The smallest absolute Gasteiger partial charge is 0.158 e. The van der Waals surface area contributed by atoms with Gasteiger partial charge in [0.15, 0.2) is 12.0 Å². The SMILES string of the molecule is C=C(c1ccc(NC2=NC=CN(/C(=C\C)C3=C(F)C(F)C(CC)C=C3)/C2=C/CCC)cc1Cl)N1CCN(C)CC1. The van der Waals surface area contributed by atoms with Crippen LogP contribution in [0.1, 0.15) is 45.6 Å². The van der Waals surface area contributed by atoms with Gasteiger partial charge in [-0.15, -0.1) is 0 Å². The molecule has 2 unspecified atom stereocenters. The van der Waals surface area contributed by atoms with Crippen molar-refractivity contribution in [1.82, 2.24) is 14.7 Å². The molecule has 1 N–H and O–H groups in total. The topological polar surface area (TPSA) is 34.1 Å². The lowest BCUT2D eigenvalue weighted by molar-refractivity contribution is 0.207. The molecule has 214 valence electrons. The molecular formula is C32H40ClF2N5. The highest BCUT2D eigenvalue weighted by atomic mass is 35.5. The fourth-order valence-corrected chi connectivity index (χ4v) is 5.43. The predicted molar refractivity (Wildman–Crippen MR) is 164 cm³/mol. The van der Waals surface area contributed by atoms with Gasteiger partial charge in [-0.2, -0.15) is 0 Å². The molecule has 0 spiro atoms. The summed E-state index contributed by atoms with van der Waals surface area (Å²) < 4.78 is 30.1. The van der Waals surface area contributed by atoms with Crippen molar-refractivity contribution < 1.29 is 8.78 Å². The number of hydrogen-bond donors (Lipinski definition) is 1. The highest BCUT2D eigenvalue weighted by Gasteiger charge is 2.31. The van der Waals surface area contributed by atoms with Crippen LogP contribution in [-0.4, -0.2) is 59.9 Å². The van der Waals surface area contributed by atoms with Crippen molar-refractivity contribution in [3.8, 4) is 0 Å². The van der Waals surface area contributed by atoms with E-state index in [0.29, 0.717) is 23.0 Å². The van der Waals surface area contributed by atoms with E-state index in [1.165, 1.54) is 0 Å². The number of piperazine rings is 1. The maximum absolute atomic E-state index is 15.3. The molecule has 8 heteroatoms. The molecule has 4 rings (SSSR count). The molecule has 1 aromatic carbocycles. The Morgan fingerprint density at radius 3 is 2.62 bits per heavy atom. The zero-order valence-corrected chi connectivity index (χ0v) is 24.7. The molecule has 0 amide bonds. The van der Waals surface area contributed by atoms with Crippen molar-refractivity contribution in [2.75, 3.05) is 38.5 Å². The summed E-state index contributed by atoms with van der Waals surface area (Å²) in [5.41, 5.74) is 4.18. The number of nitrogens with zero attached hydrogens (tertiary/aromatic N) is 4. The summed E-state index contributed by atoms with van der Waals surface area (Å²) in [6.07, 6.45) is 11.4. The van der Waals surface area contributed by atoms with Crippen LogP contribution in [0.15, 0.2) is 89.3 Å². The van der Waals surface area contributed by atoms with Crippen LogP contribution in [0.3, 0.4) is 0 Å². The molecule has 1 aliphatic carbocycles. The van der Waals surface area contributed by atoms with E-state index in [9.17, 15) is 4.39 Å². The Balaban J connectivity index is 1.58. The van der Waals surface area contributed by atoms with Crippen LogP contribution in [0.25, 0.3) is 5.70 Å². The monoisotopic (exact) mass is 567 g/mol. The van der Waals surface area contributed by atoms with Gasteiger partial charge in [0.05, 0.1) is 16.4 Å². The first kappa shape index (κ1) is 29.8. The van der Waals surface area contributed by atoms with Crippen LogP contribution in [0, 0.1) is 5.92 Å². The van der Waals surface area contributed by atoms with Crippen LogP contribution in [0.5, 0.6) is 0 Å². The number of halogens is 3. The lowest BCUT2D eigenvalue weighted by atomic mass is 9.90. The molecule has 0 bridgehead atoms. The molecule has 2 atom stereocenters. The van der Waals surface area contributed by atoms with Crippen LogP contribution >= 0.6 is 11.6 Å². The fourth-order valence-electron chi connectivity index (χ4n) is 5.14. The second-order valence-corrected chi connectivity index (χ2v) is 10.8. The average molecular weight is 568 g/mol. The van der Waals surface area contributed by atoms with Gasteiger partial charge in [0.1, 0.15) is 5.83 Å².